The lowest BCUT2D eigenvalue weighted by molar-refractivity contribution is -0.140. The van der Waals surface area contributed by atoms with Crippen LogP contribution >= 0.6 is 0 Å². The Balaban J connectivity index is 1.64. The molecule has 1 aliphatic carbocycles. The molecule has 2 bridgehead atoms. The number of unbranched alkanes of at least 4 members (excludes halogenated alkanes) is 1. The number of hydrogen-bond acceptors (Lipinski definition) is 4. The lowest BCUT2D eigenvalue weighted by Crippen LogP contribution is -2.37. The van der Waals surface area contributed by atoms with E-state index in [4.69, 9.17) is 4.74 Å². The van der Waals surface area contributed by atoms with Crippen LogP contribution in [0.5, 0.6) is 0 Å². The van der Waals surface area contributed by atoms with E-state index in [9.17, 15) is 9.90 Å². The highest BCUT2D eigenvalue weighted by Crippen LogP contribution is 2.54. The standard InChI is InChI=1S/C23H28O4/c1-26-22(25)12-8-3-2-7-11-20-19(16-24)21-15-23(20,17-27-21)14-13-18-9-5-4-6-10-18/h2,4-7,9-10,19-21,24H,3,8,11-12,15-17H2,1H3/b7-2-/t19-,20-,21-,23-/m0/s1. The molecule has 1 saturated carbocycles. The first-order chi connectivity index (χ1) is 13.2. The third-order valence-corrected chi connectivity index (χ3v) is 5.80. The minimum Gasteiger partial charge on any atom is -0.469 e. The van der Waals surface area contributed by atoms with Crippen LogP contribution in [0, 0.1) is 29.1 Å². The zero-order valence-electron chi connectivity index (χ0n) is 15.9. The van der Waals surface area contributed by atoms with E-state index in [1.807, 2.05) is 30.3 Å². The van der Waals surface area contributed by atoms with Crippen molar-refractivity contribution in [3.63, 3.8) is 0 Å². The number of methoxy groups -OCH3 is 1. The van der Waals surface area contributed by atoms with Crippen LogP contribution < -0.4 is 0 Å². The highest BCUT2D eigenvalue weighted by molar-refractivity contribution is 5.69. The normalized spacial score (nSPS) is 28.9. The molecule has 144 valence electrons. The van der Waals surface area contributed by atoms with Gasteiger partial charge in [-0.25, -0.2) is 0 Å². The molecule has 1 aromatic rings. The molecule has 0 unspecified atom stereocenters. The smallest absolute Gasteiger partial charge is 0.305 e. The predicted molar refractivity (Wildman–Crippen MR) is 104 cm³/mol. The van der Waals surface area contributed by atoms with Gasteiger partial charge in [-0.3, -0.25) is 4.79 Å². The summed E-state index contributed by atoms with van der Waals surface area (Å²) in [7, 11) is 1.42. The van der Waals surface area contributed by atoms with Crippen LogP contribution in [0.4, 0.5) is 0 Å². The molecule has 0 amide bonds. The summed E-state index contributed by atoms with van der Waals surface area (Å²) >= 11 is 0. The summed E-state index contributed by atoms with van der Waals surface area (Å²) in [5.74, 6) is 7.11. The second-order valence-electron chi connectivity index (χ2n) is 7.45. The fourth-order valence-electron chi connectivity index (χ4n) is 4.31. The number of carbonyl (C=O) groups excluding carboxylic acids is 1. The SMILES string of the molecule is COC(=O)CCC/C=C\C[C@H]1[C@H](CO)[C@@H]2C[C@@]1(C#Cc1ccccc1)CO2. The van der Waals surface area contributed by atoms with E-state index in [1.165, 1.54) is 7.11 Å². The molecule has 1 saturated heterocycles. The molecule has 3 rings (SSSR count). The monoisotopic (exact) mass is 368 g/mol. The molecule has 0 spiro atoms. The van der Waals surface area contributed by atoms with Crippen LogP contribution in [-0.4, -0.2) is 37.5 Å². The van der Waals surface area contributed by atoms with Crippen LogP contribution in [0.2, 0.25) is 0 Å². The van der Waals surface area contributed by atoms with Gasteiger partial charge >= 0.3 is 5.97 Å². The van der Waals surface area contributed by atoms with Crippen LogP contribution in [-0.2, 0) is 14.3 Å². The van der Waals surface area contributed by atoms with Gasteiger partial charge in [-0.05, 0) is 43.7 Å². The summed E-state index contributed by atoms with van der Waals surface area (Å²) in [6.45, 7) is 0.787. The number of esters is 1. The van der Waals surface area contributed by atoms with Crippen molar-refractivity contribution in [2.75, 3.05) is 20.3 Å². The molecule has 2 fully saturated rings. The second-order valence-corrected chi connectivity index (χ2v) is 7.45. The van der Waals surface area contributed by atoms with E-state index in [0.29, 0.717) is 18.9 Å². The number of fused-ring (bicyclic) bond motifs is 2. The van der Waals surface area contributed by atoms with E-state index < -0.39 is 0 Å². The fraction of sp³-hybridized carbons (Fsp3) is 0.522. The summed E-state index contributed by atoms with van der Waals surface area (Å²) < 4.78 is 10.6. The summed E-state index contributed by atoms with van der Waals surface area (Å²) in [6, 6.07) is 10.0. The van der Waals surface area contributed by atoms with E-state index in [1.54, 1.807) is 0 Å². The van der Waals surface area contributed by atoms with Gasteiger partial charge in [0.15, 0.2) is 0 Å². The van der Waals surface area contributed by atoms with Gasteiger partial charge in [-0.15, -0.1) is 0 Å². The molecule has 4 atom stereocenters. The van der Waals surface area contributed by atoms with Gasteiger partial charge in [0.25, 0.3) is 0 Å². The molecule has 1 N–H and O–H groups in total. The summed E-state index contributed by atoms with van der Waals surface area (Å²) in [4.78, 5) is 11.2. The highest BCUT2D eigenvalue weighted by atomic mass is 16.5. The number of ether oxygens (including phenoxy) is 2. The van der Waals surface area contributed by atoms with Gasteiger partial charge in [-0.1, -0.05) is 42.2 Å². The van der Waals surface area contributed by atoms with Crippen molar-refractivity contribution >= 4 is 5.97 Å². The second kappa shape index (κ2) is 9.21. The molecule has 2 aliphatic rings. The molecule has 0 aromatic heterocycles. The number of rotatable bonds is 7. The molecule has 0 radical (unpaired) electrons. The molecule has 1 aromatic carbocycles. The van der Waals surface area contributed by atoms with Gasteiger partial charge in [-0.2, -0.15) is 0 Å². The summed E-state index contributed by atoms with van der Waals surface area (Å²) in [5, 5.41) is 9.88. The molecule has 4 heteroatoms. The largest absolute Gasteiger partial charge is 0.469 e. The van der Waals surface area contributed by atoms with E-state index in [-0.39, 0.29) is 30.0 Å². The van der Waals surface area contributed by atoms with Crippen LogP contribution in [0.25, 0.3) is 0 Å². The van der Waals surface area contributed by atoms with Crippen molar-refractivity contribution in [1.29, 1.82) is 0 Å². The Labute approximate surface area is 161 Å². The van der Waals surface area contributed by atoms with E-state index >= 15 is 0 Å². The van der Waals surface area contributed by atoms with Gasteiger partial charge < -0.3 is 14.6 Å². The van der Waals surface area contributed by atoms with E-state index in [2.05, 4.69) is 28.7 Å². The third kappa shape index (κ3) is 4.61. The maximum Gasteiger partial charge on any atom is 0.305 e. The quantitative estimate of drug-likeness (QED) is 0.347. The topological polar surface area (TPSA) is 55.8 Å². The first-order valence-corrected chi connectivity index (χ1v) is 9.71. The number of aliphatic hydroxyl groups excluding tert-OH is 1. The number of hydrogen-bond donors (Lipinski definition) is 1. The van der Waals surface area contributed by atoms with Gasteiger partial charge in [0.1, 0.15) is 0 Å². The minimum atomic E-state index is -0.176. The predicted octanol–water partition coefficient (Wildman–Crippen LogP) is 3.34. The van der Waals surface area contributed by atoms with Crippen molar-refractivity contribution in [3.8, 4) is 11.8 Å². The Morgan fingerprint density at radius 3 is 2.93 bits per heavy atom. The maximum atomic E-state index is 11.2. The van der Waals surface area contributed by atoms with Crippen molar-refractivity contribution in [3.05, 3.63) is 48.0 Å². The first-order valence-electron chi connectivity index (χ1n) is 9.71. The number of carbonyl (C=O) groups is 1. The highest BCUT2D eigenvalue weighted by Gasteiger charge is 2.57. The summed E-state index contributed by atoms with van der Waals surface area (Å²) in [6.07, 6.45) is 8.30. The van der Waals surface area contributed by atoms with Crippen LogP contribution in [0.3, 0.4) is 0 Å². The van der Waals surface area contributed by atoms with Crippen molar-refractivity contribution in [2.45, 2.75) is 38.2 Å². The fourth-order valence-corrected chi connectivity index (χ4v) is 4.31. The molecular weight excluding hydrogens is 340 g/mol. The van der Waals surface area contributed by atoms with Crippen molar-refractivity contribution in [2.24, 2.45) is 17.3 Å². The lowest BCUT2D eigenvalue weighted by atomic mass is 9.74. The Kier molecular flexibility index (Phi) is 6.71. The average Bonchev–Trinajstić information content (AvgIpc) is 3.26. The van der Waals surface area contributed by atoms with Gasteiger partial charge in [0.2, 0.25) is 0 Å². The first kappa shape index (κ1) is 19.7. The Morgan fingerprint density at radius 2 is 2.19 bits per heavy atom. The van der Waals surface area contributed by atoms with Crippen molar-refractivity contribution in [1.82, 2.24) is 0 Å². The third-order valence-electron chi connectivity index (χ3n) is 5.80. The Bertz CT molecular complexity index is 715. The molecule has 27 heavy (non-hydrogen) atoms. The lowest BCUT2D eigenvalue weighted by Gasteiger charge is -2.34. The Morgan fingerprint density at radius 1 is 1.37 bits per heavy atom. The van der Waals surface area contributed by atoms with Gasteiger partial charge in [0.05, 0.1) is 25.2 Å². The Hall–Kier alpha value is -2.09. The number of aliphatic hydroxyl groups is 1. The molecule has 4 nitrogen and oxygen atoms in total. The molecule has 1 aliphatic heterocycles. The number of allylic oxidation sites excluding steroid dienone is 2. The summed E-state index contributed by atoms with van der Waals surface area (Å²) in [5.41, 5.74) is 0.837. The van der Waals surface area contributed by atoms with Gasteiger partial charge in [0, 0.05) is 24.5 Å². The van der Waals surface area contributed by atoms with Crippen LogP contribution in [0.1, 0.15) is 37.7 Å². The number of benzene rings is 1. The zero-order valence-corrected chi connectivity index (χ0v) is 15.9. The van der Waals surface area contributed by atoms with E-state index in [0.717, 1.165) is 31.2 Å². The average molecular weight is 368 g/mol. The molecular formula is C23H28O4. The minimum absolute atomic E-state index is 0.109. The van der Waals surface area contributed by atoms with Crippen molar-refractivity contribution < 1.29 is 19.4 Å². The zero-order chi connectivity index (χ0) is 19.1. The van der Waals surface area contributed by atoms with Crippen LogP contribution in [0.15, 0.2) is 42.5 Å². The maximum absolute atomic E-state index is 11.2. The molecule has 1 heterocycles.